The van der Waals surface area contributed by atoms with Crippen LogP contribution in [0.3, 0.4) is 0 Å². The van der Waals surface area contributed by atoms with Crippen LogP contribution in [0.4, 0.5) is 0 Å². The quantitative estimate of drug-likeness (QED) is 0.0913. The number of hydrogen-bond donors (Lipinski definition) is 4. The Morgan fingerprint density at radius 2 is 1.61 bits per heavy atom. The average Bonchev–Trinajstić information content (AvgIpc) is 3.72. The van der Waals surface area contributed by atoms with Crippen LogP contribution in [0.2, 0.25) is 0 Å². The molecule has 17 nitrogen and oxygen atoms in total. The van der Waals surface area contributed by atoms with Gasteiger partial charge in [0.25, 0.3) is 5.91 Å². The fraction of sp³-hybridized carbons (Fsp3) is 0.412. The van der Waals surface area contributed by atoms with E-state index in [9.17, 15) is 29.7 Å². The van der Waals surface area contributed by atoms with Crippen molar-refractivity contribution in [1.29, 1.82) is 0 Å². The Morgan fingerprint density at radius 1 is 0.980 bits per heavy atom. The van der Waals surface area contributed by atoms with E-state index in [1.54, 1.807) is 64.5 Å². The van der Waals surface area contributed by atoms with Gasteiger partial charge in [-0.2, -0.15) is 10.1 Å². The number of amides is 2. The van der Waals surface area contributed by atoms with Crippen LogP contribution in [0.5, 0.6) is 11.5 Å². The summed E-state index contributed by atoms with van der Waals surface area (Å²) < 4.78 is 19.7. The molecule has 2 amide bonds. The lowest BCUT2D eigenvalue weighted by molar-refractivity contribution is -0.000231. The number of carbonyl (C=O) groups excluding carboxylic acids is 3. The van der Waals surface area contributed by atoms with E-state index in [2.05, 4.69) is 15.1 Å². The number of nitrogens with two attached hydrogens (primary N) is 1. The highest BCUT2D eigenvalue weighted by Gasteiger charge is 2.26. The number of imidazole rings is 2. The number of ether oxygens (including phenoxy) is 2. The molecular formula is C34H43N9O8. The third-order valence-electron chi connectivity index (χ3n) is 8.68. The molecule has 5 aromatic rings. The molecule has 0 aliphatic rings. The first-order valence-corrected chi connectivity index (χ1v) is 16.3. The molecule has 0 bridgehead atoms. The minimum Gasteiger partial charge on any atom is -0.494 e. The zero-order chi connectivity index (χ0) is 37.1. The number of benzene rings is 2. The van der Waals surface area contributed by atoms with Crippen molar-refractivity contribution in [2.75, 3.05) is 27.4 Å². The molecule has 0 saturated heterocycles. The van der Waals surface area contributed by atoms with Crippen molar-refractivity contribution < 1.29 is 39.2 Å². The summed E-state index contributed by atoms with van der Waals surface area (Å²) in [6, 6.07) is 7.87. The molecule has 272 valence electrons. The van der Waals surface area contributed by atoms with E-state index < -0.39 is 24.0 Å². The number of rotatable bonds is 14. The van der Waals surface area contributed by atoms with Crippen molar-refractivity contribution in [2.24, 2.45) is 29.8 Å². The van der Waals surface area contributed by atoms with Crippen LogP contribution in [-0.2, 0) is 33.7 Å². The molecule has 0 spiro atoms. The van der Waals surface area contributed by atoms with E-state index in [0.717, 1.165) is 0 Å². The van der Waals surface area contributed by atoms with Gasteiger partial charge in [0.05, 0.1) is 55.7 Å². The molecule has 2 atom stereocenters. The fourth-order valence-electron chi connectivity index (χ4n) is 6.24. The summed E-state index contributed by atoms with van der Waals surface area (Å²) in [5.41, 5.74) is 9.51. The standard InChI is InChI=1S/C34H43N9O8/c1-7-43-24(11-19(2)38-43)32(49)37-34-40(5)23-14-21(31(35)48)15-27(50-6)29(23)42(34)17-26(47)25(46)16-41-30-22(39(4)33(41)36-3)12-20(18-45)13-28(30)51-10-8-9-44/h11-15,18,25-26,44,46-47H,7-10,16-17H2,1-6H3,(H2,35,48). The number of hydrogen-bond acceptors (Lipinski definition) is 10. The topological polar surface area (TPSA) is 219 Å². The monoisotopic (exact) mass is 705 g/mol. The molecule has 0 radical (unpaired) electrons. The maximum Gasteiger partial charge on any atom is 0.298 e. The smallest absolute Gasteiger partial charge is 0.298 e. The Morgan fingerprint density at radius 3 is 2.20 bits per heavy atom. The van der Waals surface area contributed by atoms with Crippen LogP contribution in [0.25, 0.3) is 22.1 Å². The summed E-state index contributed by atoms with van der Waals surface area (Å²) in [4.78, 5) is 46.4. The van der Waals surface area contributed by atoms with E-state index in [0.29, 0.717) is 63.9 Å². The van der Waals surface area contributed by atoms with Crippen LogP contribution >= 0.6 is 0 Å². The van der Waals surface area contributed by atoms with Gasteiger partial charge in [-0.3, -0.25) is 24.1 Å². The molecule has 51 heavy (non-hydrogen) atoms. The maximum atomic E-state index is 13.6. The summed E-state index contributed by atoms with van der Waals surface area (Å²) in [6.07, 6.45) is -1.81. The van der Waals surface area contributed by atoms with Crippen molar-refractivity contribution in [1.82, 2.24) is 28.0 Å². The third kappa shape index (κ3) is 6.95. The Hall–Kier alpha value is -5.52. The number of fused-ring (bicyclic) bond motifs is 2. The summed E-state index contributed by atoms with van der Waals surface area (Å²) >= 11 is 0. The summed E-state index contributed by atoms with van der Waals surface area (Å²) in [6.45, 7) is 3.72. The molecule has 0 aliphatic heterocycles. The summed E-state index contributed by atoms with van der Waals surface area (Å²) in [5, 5.41) is 36.9. The lowest BCUT2D eigenvalue weighted by Gasteiger charge is -2.21. The minimum absolute atomic E-state index is 0.0893. The van der Waals surface area contributed by atoms with Crippen molar-refractivity contribution in [3.05, 3.63) is 64.1 Å². The Bertz CT molecular complexity index is 2270. The third-order valence-corrected chi connectivity index (χ3v) is 8.68. The summed E-state index contributed by atoms with van der Waals surface area (Å²) in [7, 11) is 6.39. The second kappa shape index (κ2) is 15.2. The van der Waals surface area contributed by atoms with Gasteiger partial charge in [0.1, 0.15) is 34.5 Å². The first-order chi connectivity index (χ1) is 24.4. The molecule has 0 aliphatic carbocycles. The number of nitrogens with zero attached hydrogens (tertiary/aromatic N) is 8. The lowest BCUT2D eigenvalue weighted by atomic mass is 10.1. The van der Waals surface area contributed by atoms with Gasteiger partial charge in [-0.25, -0.2) is 0 Å². The van der Waals surface area contributed by atoms with E-state index in [1.807, 2.05) is 6.92 Å². The Kier molecular flexibility index (Phi) is 10.9. The molecule has 3 heterocycles. The van der Waals surface area contributed by atoms with Gasteiger partial charge in [0.2, 0.25) is 17.1 Å². The number of carbonyl (C=O) groups is 3. The molecule has 5 rings (SSSR count). The van der Waals surface area contributed by atoms with Crippen LogP contribution in [-0.4, -0.2) is 101 Å². The Labute approximate surface area is 292 Å². The van der Waals surface area contributed by atoms with Crippen LogP contribution < -0.4 is 26.4 Å². The molecule has 5 N–H and O–H groups in total. The number of aromatic nitrogens is 6. The van der Waals surface area contributed by atoms with E-state index >= 15 is 0 Å². The van der Waals surface area contributed by atoms with Crippen LogP contribution in [0.1, 0.15) is 50.2 Å². The average molecular weight is 706 g/mol. The fourth-order valence-corrected chi connectivity index (χ4v) is 6.24. The zero-order valence-electron chi connectivity index (χ0n) is 29.4. The highest BCUT2D eigenvalue weighted by molar-refractivity contribution is 5.99. The van der Waals surface area contributed by atoms with Crippen molar-refractivity contribution in [3.8, 4) is 11.5 Å². The van der Waals surface area contributed by atoms with Crippen LogP contribution in [0.15, 0.2) is 40.3 Å². The molecule has 2 aromatic carbocycles. The molecule has 17 heteroatoms. The molecular weight excluding hydrogens is 662 g/mol. The highest BCUT2D eigenvalue weighted by Crippen LogP contribution is 2.29. The first-order valence-electron chi connectivity index (χ1n) is 16.3. The number of primary amides is 1. The van der Waals surface area contributed by atoms with Gasteiger partial charge >= 0.3 is 0 Å². The SMILES string of the molecule is CCn1nc(C)cc1C(=O)N=c1n(C)c2cc(C(N)=O)cc(OC)c2n1CC(O)C(O)Cn1c(=NC)n(C)c2cc(C=O)cc(OCCCO)c21. The van der Waals surface area contributed by atoms with Crippen molar-refractivity contribution >= 4 is 40.2 Å². The lowest BCUT2D eigenvalue weighted by Crippen LogP contribution is -2.39. The second-order valence-corrected chi connectivity index (χ2v) is 12.0. The van der Waals surface area contributed by atoms with Gasteiger partial charge in [0.15, 0.2) is 0 Å². The summed E-state index contributed by atoms with van der Waals surface area (Å²) in [5.74, 6) is -0.715. The van der Waals surface area contributed by atoms with E-state index in [1.165, 1.54) is 23.9 Å². The molecule has 3 aromatic heterocycles. The van der Waals surface area contributed by atoms with Gasteiger partial charge in [0, 0.05) is 51.8 Å². The van der Waals surface area contributed by atoms with Gasteiger partial charge in [-0.15, -0.1) is 0 Å². The zero-order valence-corrected chi connectivity index (χ0v) is 29.4. The number of methoxy groups -OCH3 is 1. The number of aryl methyl sites for hydroxylation is 4. The number of aldehydes is 1. The van der Waals surface area contributed by atoms with Crippen molar-refractivity contribution in [2.45, 2.75) is 52.1 Å². The molecule has 2 unspecified atom stereocenters. The van der Waals surface area contributed by atoms with Gasteiger partial charge in [-0.1, -0.05) is 0 Å². The number of aliphatic hydroxyl groups is 3. The van der Waals surface area contributed by atoms with Crippen molar-refractivity contribution in [3.63, 3.8) is 0 Å². The van der Waals surface area contributed by atoms with E-state index in [4.69, 9.17) is 15.2 Å². The second-order valence-electron chi connectivity index (χ2n) is 12.0. The molecule has 0 fully saturated rings. The normalized spacial score (nSPS) is 13.7. The minimum atomic E-state index is -1.45. The first kappa shape index (κ1) is 36.8. The number of aliphatic hydroxyl groups excluding tert-OH is 3. The molecule has 0 saturated carbocycles. The van der Waals surface area contributed by atoms with Crippen LogP contribution in [0, 0.1) is 6.92 Å². The highest BCUT2D eigenvalue weighted by atomic mass is 16.5. The predicted molar refractivity (Wildman–Crippen MR) is 186 cm³/mol. The predicted octanol–water partition coefficient (Wildman–Crippen LogP) is 0.173. The van der Waals surface area contributed by atoms with E-state index in [-0.39, 0.29) is 48.9 Å². The largest absolute Gasteiger partial charge is 0.494 e. The van der Waals surface area contributed by atoms with Gasteiger partial charge in [-0.05, 0) is 44.2 Å². The maximum absolute atomic E-state index is 13.6. The Balaban J connectivity index is 1.63. The van der Waals surface area contributed by atoms with Gasteiger partial charge < -0.3 is 48.8 Å².